The topological polar surface area (TPSA) is 61.4 Å². The number of hydrogen-bond donors (Lipinski definition) is 2. The molecule has 0 aromatic heterocycles. The van der Waals surface area contributed by atoms with E-state index in [9.17, 15) is 9.59 Å². The molecule has 5 nitrogen and oxygen atoms in total. The predicted octanol–water partition coefficient (Wildman–Crippen LogP) is 1.67. The third-order valence-corrected chi connectivity index (χ3v) is 5.80. The van der Waals surface area contributed by atoms with Crippen molar-refractivity contribution in [2.24, 2.45) is 11.8 Å². The van der Waals surface area contributed by atoms with E-state index in [1.807, 2.05) is 4.90 Å². The van der Waals surface area contributed by atoms with Gasteiger partial charge in [-0.15, -0.1) is 0 Å². The molecule has 2 atom stereocenters. The maximum atomic E-state index is 12.4. The first kappa shape index (κ1) is 16.7. The zero-order chi connectivity index (χ0) is 16.1. The van der Waals surface area contributed by atoms with Crippen molar-refractivity contribution in [2.45, 2.75) is 63.8 Å². The Morgan fingerprint density at radius 1 is 1.04 bits per heavy atom. The number of amides is 2. The van der Waals surface area contributed by atoms with Crippen LogP contribution in [0.3, 0.4) is 0 Å². The van der Waals surface area contributed by atoms with Crippen molar-refractivity contribution in [3.63, 3.8) is 0 Å². The van der Waals surface area contributed by atoms with Gasteiger partial charge in [0.15, 0.2) is 0 Å². The maximum Gasteiger partial charge on any atom is 0.237 e. The Balaban J connectivity index is 1.36. The minimum absolute atomic E-state index is 0.00111. The predicted molar refractivity (Wildman–Crippen MR) is 89.9 cm³/mol. The Hall–Kier alpha value is -1.10. The van der Waals surface area contributed by atoms with Crippen LogP contribution >= 0.6 is 0 Å². The molecule has 3 rings (SSSR count). The van der Waals surface area contributed by atoms with E-state index in [1.54, 1.807) is 0 Å². The Bertz CT molecular complexity index is 416. The lowest BCUT2D eigenvalue weighted by atomic mass is 9.82. The fourth-order valence-electron chi connectivity index (χ4n) is 4.00. The number of carbonyl (C=O) groups excluding carboxylic acids is 2. The molecule has 2 unspecified atom stereocenters. The van der Waals surface area contributed by atoms with Gasteiger partial charge in [-0.1, -0.05) is 19.3 Å². The maximum absolute atomic E-state index is 12.4. The highest BCUT2D eigenvalue weighted by Crippen LogP contribution is 2.30. The standard InChI is InChI=1S/C18H31N3O2/c22-17(9-8-14-4-1-5-14)21-11-3-6-15(13-21)12-20-18(23)16-7-2-10-19-16/h14-16,19H,1-13H2,(H,20,23). The van der Waals surface area contributed by atoms with E-state index in [2.05, 4.69) is 10.6 Å². The largest absolute Gasteiger partial charge is 0.354 e. The molecule has 0 aromatic rings. The van der Waals surface area contributed by atoms with Gasteiger partial charge in [-0.3, -0.25) is 9.59 Å². The van der Waals surface area contributed by atoms with E-state index in [-0.39, 0.29) is 11.9 Å². The zero-order valence-corrected chi connectivity index (χ0v) is 14.2. The number of nitrogens with one attached hydrogen (secondary N) is 2. The van der Waals surface area contributed by atoms with E-state index < -0.39 is 0 Å². The summed E-state index contributed by atoms with van der Waals surface area (Å²) in [4.78, 5) is 26.5. The van der Waals surface area contributed by atoms with Crippen LogP contribution in [0.1, 0.15) is 57.8 Å². The van der Waals surface area contributed by atoms with Gasteiger partial charge in [-0.05, 0) is 50.5 Å². The van der Waals surface area contributed by atoms with Crippen molar-refractivity contribution < 1.29 is 9.59 Å². The van der Waals surface area contributed by atoms with E-state index in [1.165, 1.54) is 19.3 Å². The summed E-state index contributed by atoms with van der Waals surface area (Å²) < 4.78 is 0. The van der Waals surface area contributed by atoms with Gasteiger partial charge in [0.05, 0.1) is 6.04 Å². The third kappa shape index (κ3) is 4.69. The summed E-state index contributed by atoms with van der Waals surface area (Å²) in [6.07, 6.45) is 9.99. The van der Waals surface area contributed by atoms with E-state index in [0.29, 0.717) is 18.4 Å². The lowest BCUT2D eigenvalue weighted by molar-refractivity contribution is -0.133. The number of rotatable bonds is 6. The summed E-state index contributed by atoms with van der Waals surface area (Å²) in [6, 6.07) is -0.00111. The van der Waals surface area contributed by atoms with E-state index >= 15 is 0 Å². The minimum Gasteiger partial charge on any atom is -0.354 e. The monoisotopic (exact) mass is 321 g/mol. The van der Waals surface area contributed by atoms with Crippen LogP contribution in [-0.2, 0) is 9.59 Å². The second kappa shape index (κ2) is 8.13. The van der Waals surface area contributed by atoms with Gasteiger partial charge in [-0.25, -0.2) is 0 Å². The Morgan fingerprint density at radius 3 is 2.57 bits per heavy atom. The van der Waals surface area contributed by atoms with Crippen LogP contribution in [0.4, 0.5) is 0 Å². The molecular formula is C18H31N3O2. The molecular weight excluding hydrogens is 290 g/mol. The average molecular weight is 321 g/mol. The molecule has 0 bridgehead atoms. The molecule has 2 saturated heterocycles. The molecule has 0 spiro atoms. The fourth-order valence-corrected chi connectivity index (χ4v) is 4.00. The number of likely N-dealkylation sites (tertiary alicyclic amines) is 1. The van der Waals surface area contributed by atoms with Crippen molar-refractivity contribution in [3.05, 3.63) is 0 Å². The molecule has 2 heterocycles. The van der Waals surface area contributed by atoms with Crippen LogP contribution in [0.2, 0.25) is 0 Å². The number of carbonyl (C=O) groups is 2. The highest BCUT2D eigenvalue weighted by molar-refractivity contribution is 5.82. The molecule has 3 aliphatic rings. The van der Waals surface area contributed by atoms with Crippen LogP contribution in [-0.4, -0.2) is 48.9 Å². The van der Waals surface area contributed by atoms with Crippen molar-refractivity contribution in [1.82, 2.24) is 15.5 Å². The van der Waals surface area contributed by atoms with Crippen LogP contribution in [0.5, 0.6) is 0 Å². The number of piperidine rings is 1. The Labute approximate surface area is 139 Å². The van der Waals surface area contributed by atoms with Gasteiger partial charge in [0.1, 0.15) is 0 Å². The van der Waals surface area contributed by atoms with Gasteiger partial charge in [0.2, 0.25) is 11.8 Å². The second-order valence-corrected chi connectivity index (χ2v) is 7.58. The number of hydrogen-bond acceptors (Lipinski definition) is 3. The molecule has 130 valence electrons. The van der Waals surface area contributed by atoms with Gasteiger partial charge < -0.3 is 15.5 Å². The highest BCUT2D eigenvalue weighted by Gasteiger charge is 2.27. The summed E-state index contributed by atoms with van der Waals surface area (Å²) in [5, 5.41) is 6.32. The SMILES string of the molecule is O=C(NCC1CCCN(C(=O)CCC2CCC2)C1)C1CCCN1. The van der Waals surface area contributed by atoms with Gasteiger partial charge >= 0.3 is 0 Å². The van der Waals surface area contributed by atoms with Crippen LogP contribution in [0, 0.1) is 11.8 Å². The van der Waals surface area contributed by atoms with Gasteiger partial charge in [0.25, 0.3) is 0 Å². The van der Waals surface area contributed by atoms with Crippen LogP contribution < -0.4 is 10.6 Å². The summed E-state index contributed by atoms with van der Waals surface area (Å²) in [5.74, 6) is 1.68. The first-order valence-corrected chi connectivity index (χ1v) is 9.51. The summed E-state index contributed by atoms with van der Waals surface area (Å²) >= 11 is 0. The minimum atomic E-state index is -0.00111. The fraction of sp³-hybridized carbons (Fsp3) is 0.889. The molecule has 23 heavy (non-hydrogen) atoms. The quantitative estimate of drug-likeness (QED) is 0.782. The summed E-state index contributed by atoms with van der Waals surface area (Å²) in [6.45, 7) is 3.38. The van der Waals surface area contributed by atoms with Crippen LogP contribution in [0.25, 0.3) is 0 Å². The molecule has 2 aliphatic heterocycles. The van der Waals surface area contributed by atoms with Crippen molar-refractivity contribution in [3.8, 4) is 0 Å². The Morgan fingerprint density at radius 2 is 1.87 bits per heavy atom. The lowest BCUT2D eigenvalue weighted by Crippen LogP contribution is -2.46. The highest BCUT2D eigenvalue weighted by atomic mass is 16.2. The molecule has 1 saturated carbocycles. The van der Waals surface area contributed by atoms with Crippen molar-refractivity contribution >= 4 is 11.8 Å². The normalized spacial score (nSPS) is 28.4. The summed E-state index contributed by atoms with van der Waals surface area (Å²) in [5.41, 5.74) is 0. The van der Waals surface area contributed by atoms with Crippen molar-refractivity contribution in [2.75, 3.05) is 26.2 Å². The molecule has 0 aromatic carbocycles. The first-order chi connectivity index (χ1) is 11.2. The van der Waals surface area contributed by atoms with Crippen LogP contribution in [0.15, 0.2) is 0 Å². The zero-order valence-electron chi connectivity index (χ0n) is 14.2. The molecule has 0 radical (unpaired) electrons. The number of nitrogens with zero attached hydrogens (tertiary/aromatic N) is 1. The van der Waals surface area contributed by atoms with Crippen molar-refractivity contribution in [1.29, 1.82) is 0 Å². The smallest absolute Gasteiger partial charge is 0.237 e. The van der Waals surface area contributed by atoms with E-state index in [4.69, 9.17) is 0 Å². The Kier molecular flexibility index (Phi) is 5.92. The molecule has 1 aliphatic carbocycles. The average Bonchev–Trinajstić information content (AvgIpc) is 3.06. The summed E-state index contributed by atoms with van der Waals surface area (Å²) in [7, 11) is 0. The molecule has 2 N–H and O–H groups in total. The lowest BCUT2D eigenvalue weighted by Gasteiger charge is -2.34. The molecule has 3 fully saturated rings. The van der Waals surface area contributed by atoms with Gasteiger partial charge in [-0.2, -0.15) is 0 Å². The molecule has 2 amide bonds. The van der Waals surface area contributed by atoms with E-state index in [0.717, 1.165) is 64.1 Å². The third-order valence-electron chi connectivity index (χ3n) is 5.80. The first-order valence-electron chi connectivity index (χ1n) is 9.51. The molecule has 5 heteroatoms. The second-order valence-electron chi connectivity index (χ2n) is 7.58. The van der Waals surface area contributed by atoms with Gasteiger partial charge in [0, 0.05) is 26.1 Å².